The fourth-order valence-electron chi connectivity index (χ4n) is 1.68. The molecule has 1 unspecified atom stereocenters. The van der Waals surface area contributed by atoms with Crippen LogP contribution in [-0.2, 0) is 4.79 Å². The molecule has 5 nitrogen and oxygen atoms in total. The van der Waals surface area contributed by atoms with Crippen LogP contribution in [0.5, 0.6) is 11.5 Å². The molecule has 0 bridgehead atoms. The van der Waals surface area contributed by atoms with E-state index in [-0.39, 0.29) is 0 Å². The predicted molar refractivity (Wildman–Crippen MR) is 70.7 cm³/mol. The van der Waals surface area contributed by atoms with Crippen LogP contribution < -0.4 is 10.5 Å². The van der Waals surface area contributed by atoms with Crippen molar-refractivity contribution in [2.45, 2.75) is 6.04 Å². The van der Waals surface area contributed by atoms with Crippen molar-refractivity contribution >= 4 is 5.91 Å². The van der Waals surface area contributed by atoms with Crippen LogP contribution in [0.3, 0.4) is 0 Å². The summed E-state index contributed by atoms with van der Waals surface area (Å²) in [6, 6.07) is 14.5. The molecular weight excluding hydrogens is 244 g/mol. The number of nitrogens with two attached hydrogens (primary N) is 1. The second-order valence-corrected chi connectivity index (χ2v) is 3.86. The topological polar surface area (TPSA) is 81.8 Å². The highest BCUT2D eigenvalue weighted by Gasteiger charge is 2.22. The lowest BCUT2D eigenvalue weighted by molar-refractivity contribution is -0.119. The lowest BCUT2D eigenvalue weighted by Crippen LogP contribution is -2.19. The number of nitroso groups, excluding NO2 is 1. The SMILES string of the molecule is NC(=O)C(N=O)c1ccccc1Oc1ccccc1. The number of carbonyl (C=O) groups is 1. The van der Waals surface area contributed by atoms with Gasteiger partial charge in [-0.15, -0.1) is 4.91 Å². The minimum atomic E-state index is -1.25. The molecule has 1 amide bonds. The molecule has 96 valence electrons. The summed E-state index contributed by atoms with van der Waals surface area (Å²) in [5, 5.41) is 2.76. The maximum atomic E-state index is 11.2. The summed E-state index contributed by atoms with van der Waals surface area (Å²) in [7, 11) is 0. The molecule has 2 aromatic carbocycles. The fourth-order valence-corrected chi connectivity index (χ4v) is 1.68. The van der Waals surface area contributed by atoms with Gasteiger partial charge in [0.2, 0.25) is 0 Å². The molecule has 0 saturated heterocycles. The number of para-hydroxylation sites is 2. The first kappa shape index (κ1) is 12.8. The second-order valence-electron chi connectivity index (χ2n) is 3.86. The van der Waals surface area contributed by atoms with Crippen LogP contribution in [0.25, 0.3) is 0 Å². The van der Waals surface area contributed by atoms with Crippen molar-refractivity contribution in [3.05, 3.63) is 65.1 Å². The summed E-state index contributed by atoms with van der Waals surface area (Å²) in [6.45, 7) is 0. The van der Waals surface area contributed by atoms with Gasteiger partial charge in [0.1, 0.15) is 11.5 Å². The summed E-state index contributed by atoms with van der Waals surface area (Å²) < 4.78 is 5.64. The number of rotatable bonds is 5. The maximum Gasteiger partial charge on any atom is 0.250 e. The van der Waals surface area contributed by atoms with Gasteiger partial charge in [-0.25, -0.2) is 0 Å². The predicted octanol–water partition coefficient (Wildman–Crippen LogP) is 2.77. The van der Waals surface area contributed by atoms with Gasteiger partial charge in [-0.1, -0.05) is 41.6 Å². The van der Waals surface area contributed by atoms with E-state index in [1.165, 1.54) is 0 Å². The Hall–Kier alpha value is -2.69. The Labute approximate surface area is 110 Å². The summed E-state index contributed by atoms with van der Waals surface area (Å²) in [6.07, 6.45) is 0. The number of nitrogens with zero attached hydrogens (tertiary/aromatic N) is 1. The van der Waals surface area contributed by atoms with Crippen molar-refractivity contribution in [3.63, 3.8) is 0 Å². The van der Waals surface area contributed by atoms with Gasteiger partial charge in [0.25, 0.3) is 5.91 Å². The van der Waals surface area contributed by atoms with E-state index < -0.39 is 11.9 Å². The fraction of sp³-hybridized carbons (Fsp3) is 0.0714. The van der Waals surface area contributed by atoms with Crippen molar-refractivity contribution in [1.82, 2.24) is 0 Å². The number of amides is 1. The van der Waals surface area contributed by atoms with Crippen molar-refractivity contribution in [3.8, 4) is 11.5 Å². The summed E-state index contributed by atoms with van der Waals surface area (Å²) in [4.78, 5) is 22.0. The quantitative estimate of drug-likeness (QED) is 0.835. The van der Waals surface area contributed by atoms with E-state index in [2.05, 4.69) is 5.18 Å². The largest absolute Gasteiger partial charge is 0.457 e. The van der Waals surface area contributed by atoms with E-state index in [1.54, 1.807) is 36.4 Å². The van der Waals surface area contributed by atoms with Crippen LogP contribution in [0, 0.1) is 4.91 Å². The molecule has 0 heterocycles. The van der Waals surface area contributed by atoms with Gasteiger partial charge in [0, 0.05) is 5.56 Å². The first-order chi connectivity index (χ1) is 9.22. The lowest BCUT2D eigenvalue weighted by atomic mass is 10.1. The van der Waals surface area contributed by atoms with Crippen molar-refractivity contribution < 1.29 is 9.53 Å². The smallest absolute Gasteiger partial charge is 0.250 e. The van der Waals surface area contributed by atoms with E-state index in [0.29, 0.717) is 17.1 Å². The number of hydrogen-bond acceptors (Lipinski definition) is 4. The van der Waals surface area contributed by atoms with Crippen LogP contribution in [-0.4, -0.2) is 5.91 Å². The zero-order chi connectivity index (χ0) is 13.7. The highest BCUT2D eigenvalue weighted by atomic mass is 16.5. The molecule has 1 atom stereocenters. The first-order valence-electron chi connectivity index (χ1n) is 5.66. The third kappa shape index (κ3) is 2.95. The van der Waals surface area contributed by atoms with Gasteiger partial charge in [-0.2, -0.15) is 0 Å². The van der Waals surface area contributed by atoms with Gasteiger partial charge >= 0.3 is 0 Å². The van der Waals surface area contributed by atoms with Gasteiger partial charge in [-0.3, -0.25) is 4.79 Å². The minimum absolute atomic E-state index is 0.355. The minimum Gasteiger partial charge on any atom is -0.457 e. The molecule has 0 aliphatic heterocycles. The Kier molecular flexibility index (Phi) is 3.87. The standard InChI is InChI=1S/C14H12N2O3/c15-14(17)13(16-18)11-8-4-5-9-12(11)19-10-6-2-1-3-7-10/h1-9,13H,(H2,15,17). The van der Waals surface area contributed by atoms with E-state index >= 15 is 0 Å². The number of carbonyl (C=O) groups excluding carboxylic acids is 1. The molecule has 19 heavy (non-hydrogen) atoms. The number of hydrogen-bond donors (Lipinski definition) is 1. The highest BCUT2D eigenvalue weighted by Crippen LogP contribution is 2.31. The average Bonchev–Trinajstić information content (AvgIpc) is 2.42. The van der Waals surface area contributed by atoms with Crippen LogP contribution in [0.1, 0.15) is 11.6 Å². The molecule has 0 aliphatic carbocycles. The monoisotopic (exact) mass is 256 g/mol. The third-order valence-corrected chi connectivity index (χ3v) is 2.56. The molecule has 0 radical (unpaired) electrons. The number of benzene rings is 2. The number of primary amides is 1. The van der Waals surface area contributed by atoms with Crippen LogP contribution >= 0.6 is 0 Å². The molecule has 0 aromatic heterocycles. The Bertz CT molecular complexity index is 584. The van der Waals surface area contributed by atoms with Gasteiger partial charge in [0.15, 0.2) is 6.04 Å². The first-order valence-corrected chi connectivity index (χ1v) is 5.66. The lowest BCUT2D eigenvalue weighted by Gasteiger charge is -2.12. The van der Waals surface area contributed by atoms with E-state index in [9.17, 15) is 9.70 Å². The molecule has 0 spiro atoms. The molecule has 0 aliphatic rings. The summed E-state index contributed by atoms with van der Waals surface area (Å²) in [5.41, 5.74) is 5.51. The van der Waals surface area contributed by atoms with E-state index in [4.69, 9.17) is 10.5 Å². The molecule has 2 aromatic rings. The Morgan fingerprint density at radius 2 is 1.68 bits per heavy atom. The Morgan fingerprint density at radius 3 is 2.32 bits per heavy atom. The maximum absolute atomic E-state index is 11.2. The van der Waals surface area contributed by atoms with Crippen LogP contribution in [0.15, 0.2) is 59.8 Å². The zero-order valence-corrected chi connectivity index (χ0v) is 10.0. The van der Waals surface area contributed by atoms with E-state index in [0.717, 1.165) is 0 Å². The molecule has 2 N–H and O–H groups in total. The van der Waals surface area contributed by atoms with E-state index in [1.807, 2.05) is 18.2 Å². The van der Waals surface area contributed by atoms with Crippen molar-refractivity contribution in [2.24, 2.45) is 10.9 Å². The summed E-state index contributed by atoms with van der Waals surface area (Å²) in [5.74, 6) is 0.181. The third-order valence-electron chi connectivity index (χ3n) is 2.56. The average molecular weight is 256 g/mol. The molecule has 2 rings (SSSR count). The zero-order valence-electron chi connectivity index (χ0n) is 10.0. The van der Waals surface area contributed by atoms with Gasteiger partial charge in [-0.05, 0) is 18.2 Å². The normalized spacial score (nSPS) is 11.6. The molecule has 5 heteroatoms. The summed E-state index contributed by atoms with van der Waals surface area (Å²) >= 11 is 0. The Morgan fingerprint density at radius 1 is 1.05 bits per heavy atom. The van der Waals surface area contributed by atoms with Crippen LogP contribution in [0.2, 0.25) is 0 Å². The molecule has 0 fully saturated rings. The molecular formula is C14H12N2O3. The number of ether oxygens (including phenoxy) is 1. The van der Waals surface area contributed by atoms with Gasteiger partial charge in [0.05, 0.1) is 0 Å². The van der Waals surface area contributed by atoms with Crippen LogP contribution in [0.4, 0.5) is 0 Å². The van der Waals surface area contributed by atoms with Crippen molar-refractivity contribution in [2.75, 3.05) is 0 Å². The highest BCUT2D eigenvalue weighted by molar-refractivity contribution is 5.82. The Balaban J connectivity index is 2.36. The van der Waals surface area contributed by atoms with Crippen molar-refractivity contribution in [1.29, 1.82) is 0 Å². The van der Waals surface area contributed by atoms with Gasteiger partial charge < -0.3 is 10.5 Å². The second kappa shape index (κ2) is 5.77. The molecule has 0 saturated carbocycles.